The van der Waals surface area contributed by atoms with E-state index in [0.717, 1.165) is 5.56 Å². The highest BCUT2D eigenvalue weighted by Crippen LogP contribution is 2.27. The summed E-state index contributed by atoms with van der Waals surface area (Å²) >= 11 is 6.11. The molecule has 3 aromatic rings. The van der Waals surface area contributed by atoms with E-state index in [2.05, 4.69) is 10.3 Å². The molecule has 10 heteroatoms. The number of aryl methyl sites for hydroxylation is 1. The van der Waals surface area contributed by atoms with Crippen LogP contribution in [0.5, 0.6) is 0 Å². The number of sulfonamides is 1. The number of rotatable bonds is 4. The van der Waals surface area contributed by atoms with Gasteiger partial charge in [0, 0.05) is 29.9 Å². The molecule has 2 N–H and O–H groups in total. The molecule has 158 valence electrons. The summed E-state index contributed by atoms with van der Waals surface area (Å²) in [5.74, 6) is -1.38. The van der Waals surface area contributed by atoms with Crippen LogP contribution in [0.3, 0.4) is 0 Å². The maximum absolute atomic E-state index is 13.1. The van der Waals surface area contributed by atoms with Crippen molar-refractivity contribution in [2.24, 2.45) is 5.92 Å². The molecule has 1 saturated heterocycles. The fraction of sp³-hybridized carbons (Fsp3) is 0.300. The van der Waals surface area contributed by atoms with Crippen molar-refractivity contribution in [2.75, 3.05) is 18.4 Å². The number of carbonyl (C=O) groups excluding carboxylic acids is 1. The number of aromatic amines is 1. The molecule has 30 heavy (non-hydrogen) atoms. The van der Waals surface area contributed by atoms with Crippen molar-refractivity contribution in [3.05, 3.63) is 57.5 Å². The smallest absolute Gasteiger partial charge is 0.408 e. The topological polar surface area (TPSA) is 112 Å². The number of aromatic nitrogens is 1. The summed E-state index contributed by atoms with van der Waals surface area (Å²) in [7, 11) is -3.84. The number of oxazole rings is 1. The Balaban J connectivity index is 1.52. The van der Waals surface area contributed by atoms with Crippen LogP contribution in [0.25, 0.3) is 11.1 Å². The molecule has 1 fully saturated rings. The minimum absolute atomic E-state index is 0.0177. The number of piperidine rings is 1. The van der Waals surface area contributed by atoms with Gasteiger partial charge in [0.05, 0.1) is 16.3 Å². The molecule has 0 bridgehead atoms. The van der Waals surface area contributed by atoms with E-state index >= 15 is 0 Å². The van der Waals surface area contributed by atoms with Crippen LogP contribution in [0.2, 0.25) is 5.02 Å². The van der Waals surface area contributed by atoms with Crippen molar-refractivity contribution in [3.63, 3.8) is 0 Å². The van der Waals surface area contributed by atoms with E-state index in [-0.39, 0.29) is 22.9 Å². The van der Waals surface area contributed by atoms with Crippen molar-refractivity contribution in [2.45, 2.75) is 24.7 Å². The van der Waals surface area contributed by atoms with E-state index in [1.165, 1.54) is 22.5 Å². The van der Waals surface area contributed by atoms with E-state index in [0.29, 0.717) is 35.6 Å². The maximum Gasteiger partial charge on any atom is 0.417 e. The lowest BCUT2D eigenvalue weighted by atomic mass is 9.98. The van der Waals surface area contributed by atoms with E-state index in [1.807, 2.05) is 13.0 Å². The molecule has 1 atom stereocenters. The molecule has 1 aromatic heterocycles. The number of hydrogen-bond acceptors (Lipinski definition) is 5. The first kappa shape index (κ1) is 20.6. The molecule has 0 aliphatic carbocycles. The van der Waals surface area contributed by atoms with Gasteiger partial charge in [0.1, 0.15) is 0 Å². The largest absolute Gasteiger partial charge is 0.417 e. The molecule has 2 heterocycles. The SMILES string of the molecule is Cc1ccc(NC(=O)C2CCCN(S(=O)(=O)c3ccc4[nH]c(=O)oc4c3)C2)cc1Cl. The van der Waals surface area contributed by atoms with Crippen LogP contribution >= 0.6 is 11.6 Å². The van der Waals surface area contributed by atoms with Gasteiger partial charge in [-0.2, -0.15) is 4.31 Å². The average molecular weight is 450 g/mol. The lowest BCUT2D eigenvalue weighted by Crippen LogP contribution is -2.43. The molecule has 0 radical (unpaired) electrons. The zero-order chi connectivity index (χ0) is 21.5. The lowest BCUT2D eigenvalue weighted by Gasteiger charge is -2.31. The number of nitrogens with one attached hydrogen (secondary N) is 2. The number of halogens is 1. The molecular weight excluding hydrogens is 430 g/mol. The number of carbonyl (C=O) groups is 1. The molecular formula is C20H20ClN3O5S. The molecule has 1 aliphatic rings. The van der Waals surface area contributed by atoms with Crippen molar-refractivity contribution < 1.29 is 17.6 Å². The quantitative estimate of drug-likeness (QED) is 0.635. The predicted octanol–water partition coefficient (Wildman–Crippen LogP) is 3.12. The summed E-state index contributed by atoms with van der Waals surface area (Å²) in [6.07, 6.45) is 1.15. The van der Waals surface area contributed by atoms with Crippen LogP contribution in [0.4, 0.5) is 5.69 Å². The number of H-pyrrole nitrogens is 1. The second-order valence-corrected chi connectivity index (χ2v) is 9.67. The maximum atomic E-state index is 13.1. The Morgan fingerprint density at radius 1 is 1.27 bits per heavy atom. The number of benzene rings is 2. The molecule has 1 amide bonds. The Bertz CT molecular complexity index is 1280. The van der Waals surface area contributed by atoms with E-state index in [4.69, 9.17) is 16.0 Å². The Labute approximate surface area is 177 Å². The lowest BCUT2D eigenvalue weighted by molar-refractivity contribution is -0.120. The second kappa shape index (κ2) is 7.90. The molecule has 2 aromatic carbocycles. The summed E-state index contributed by atoms with van der Waals surface area (Å²) < 4.78 is 32.5. The molecule has 1 aliphatic heterocycles. The highest BCUT2D eigenvalue weighted by Gasteiger charge is 2.33. The summed E-state index contributed by atoms with van der Waals surface area (Å²) in [6, 6.07) is 9.47. The van der Waals surface area contributed by atoms with E-state index in [9.17, 15) is 18.0 Å². The van der Waals surface area contributed by atoms with Gasteiger partial charge in [0.25, 0.3) is 0 Å². The monoisotopic (exact) mass is 449 g/mol. The summed E-state index contributed by atoms with van der Waals surface area (Å²) in [5.41, 5.74) is 2.07. The summed E-state index contributed by atoms with van der Waals surface area (Å²) in [6.45, 7) is 2.26. The molecule has 8 nitrogen and oxygen atoms in total. The highest BCUT2D eigenvalue weighted by atomic mass is 35.5. The van der Waals surface area contributed by atoms with Crippen LogP contribution in [-0.2, 0) is 14.8 Å². The summed E-state index contributed by atoms with van der Waals surface area (Å²) in [5, 5.41) is 3.37. The van der Waals surface area contributed by atoms with Crippen LogP contribution in [0, 0.1) is 12.8 Å². The van der Waals surface area contributed by atoms with Crippen LogP contribution in [0.1, 0.15) is 18.4 Å². The second-order valence-electron chi connectivity index (χ2n) is 7.33. The first-order chi connectivity index (χ1) is 14.2. The summed E-state index contributed by atoms with van der Waals surface area (Å²) in [4.78, 5) is 26.5. The van der Waals surface area contributed by atoms with Gasteiger partial charge in [-0.3, -0.25) is 9.78 Å². The number of nitrogens with zero attached hydrogens (tertiary/aromatic N) is 1. The Morgan fingerprint density at radius 2 is 2.07 bits per heavy atom. The van der Waals surface area contributed by atoms with E-state index in [1.54, 1.807) is 12.1 Å². The Hall–Kier alpha value is -2.62. The van der Waals surface area contributed by atoms with E-state index < -0.39 is 21.7 Å². The van der Waals surface area contributed by atoms with Gasteiger partial charge in [0.15, 0.2) is 5.58 Å². The Morgan fingerprint density at radius 3 is 2.83 bits per heavy atom. The molecule has 4 rings (SSSR count). The normalized spacial score (nSPS) is 17.9. The first-order valence-electron chi connectivity index (χ1n) is 9.44. The molecule has 1 unspecified atom stereocenters. The van der Waals surface area contributed by atoms with Crippen LogP contribution in [-0.4, -0.2) is 36.7 Å². The minimum Gasteiger partial charge on any atom is -0.408 e. The predicted molar refractivity (Wildman–Crippen MR) is 113 cm³/mol. The standard InChI is InChI=1S/C20H20ClN3O5S/c1-12-4-5-14(9-16(12)21)22-19(25)13-3-2-8-24(11-13)30(27,28)15-6-7-17-18(10-15)29-20(26)23-17/h4-7,9-10,13H,2-3,8,11H2,1H3,(H,22,25)(H,23,26). The zero-order valence-corrected chi connectivity index (χ0v) is 17.7. The van der Waals surface area contributed by atoms with Gasteiger partial charge >= 0.3 is 5.76 Å². The Kier molecular flexibility index (Phi) is 5.44. The van der Waals surface area contributed by atoms with Gasteiger partial charge in [-0.05, 0) is 49.6 Å². The number of anilines is 1. The third-order valence-corrected chi connectivity index (χ3v) is 7.49. The van der Waals surface area contributed by atoms with Crippen molar-refractivity contribution in [3.8, 4) is 0 Å². The molecule has 0 saturated carbocycles. The number of hydrogen-bond donors (Lipinski definition) is 2. The van der Waals surface area contributed by atoms with Crippen molar-refractivity contribution >= 4 is 44.3 Å². The highest BCUT2D eigenvalue weighted by molar-refractivity contribution is 7.89. The third kappa shape index (κ3) is 4.00. The number of fused-ring (bicyclic) bond motifs is 1. The minimum atomic E-state index is -3.84. The van der Waals surface area contributed by atoms with Gasteiger partial charge in [-0.25, -0.2) is 13.2 Å². The van der Waals surface area contributed by atoms with Crippen LogP contribution < -0.4 is 11.1 Å². The van der Waals surface area contributed by atoms with Crippen LogP contribution in [0.15, 0.2) is 50.5 Å². The van der Waals surface area contributed by atoms with Crippen molar-refractivity contribution in [1.29, 1.82) is 0 Å². The van der Waals surface area contributed by atoms with Gasteiger partial charge in [-0.1, -0.05) is 17.7 Å². The van der Waals surface area contributed by atoms with Gasteiger partial charge in [-0.15, -0.1) is 0 Å². The number of amides is 1. The third-order valence-electron chi connectivity index (χ3n) is 5.22. The average Bonchev–Trinajstić information content (AvgIpc) is 3.10. The zero-order valence-electron chi connectivity index (χ0n) is 16.1. The van der Waals surface area contributed by atoms with Gasteiger partial charge < -0.3 is 9.73 Å². The van der Waals surface area contributed by atoms with Gasteiger partial charge in [0.2, 0.25) is 15.9 Å². The van der Waals surface area contributed by atoms with Crippen molar-refractivity contribution in [1.82, 2.24) is 9.29 Å². The first-order valence-corrected chi connectivity index (χ1v) is 11.3. The fourth-order valence-electron chi connectivity index (χ4n) is 3.52. The fourth-order valence-corrected chi connectivity index (χ4v) is 5.25. The molecule has 0 spiro atoms.